The number of hydrogen-bond acceptors (Lipinski definition) is 3. The van der Waals surface area contributed by atoms with Crippen molar-refractivity contribution >= 4 is 25.9 Å². The molecule has 6 heteroatoms. The van der Waals surface area contributed by atoms with E-state index in [-0.39, 0.29) is 0 Å². The molecule has 1 aliphatic heterocycles. The van der Waals surface area contributed by atoms with E-state index in [4.69, 9.17) is 0 Å². The maximum absolute atomic E-state index is 3.01. The lowest BCUT2D eigenvalue weighted by Gasteiger charge is -2.64. The fourth-order valence-electron chi connectivity index (χ4n) is 3.92. The van der Waals surface area contributed by atoms with Crippen molar-refractivity contribution in [1.82, 2.24) is 12.7 Å². The third kappa shape index (κ3) is 2.20. The molecule has 1 unspecified atom stereocenters. The highest BCUT2D eigenvalue weighted by Gasteiger charge is 2.56. The summed E-state index contributed by atoms with van der Waals surface area (Å²) in [5, 5.41) is 0. The smallest absolute Gasteiger partial charge is 0.194 e. The standard InChI is InChI=1S/C12H33N3Si3/c1-9-15-16(10-2)13(5)17(7,8)14(6)18(15,11-3)12-4/h16H,9-12H2,1-8H3. The Bertz CT molecular complexity index is 282. The van der Waals surface area contributed by atoms with Crippen molar-refractivity contribution in [3.8, 4) is 0 Å². The summed E-state index contributed by atoms with van der Waals surface area (Å²) in [6, 6.07) is 4.17. The van der Waals surface area contributed by atoms with Crippen LogP contribution in [0.1, 0.15) is 27.7 Å². The number of hydrogen-bond donors (Lipinski definition) is 0. The Morgan fingerprint density at radius 1 is 0.944 bits per heavy atom. The molecule has 0 aromatic rings. The SMILES string of the molecule is CCN1[SiH](CC)N(C)[Si](C)(C)N(C)[Si]1(CC)CC. The van der Waals surface area contributed by atoms with Crippen LogP contribution in [0.5, 0.6) is 0 Å². The lowest BCUT2D eigenvalue weighted by molar-refractivity contribution is 0.456. The van der Waals surface area contributed by atoms with Crippen LogP contribution in [0.2, 0.25) is 31.2 Å². The third-order valence-corrected chi connectivity index (χ3v) is 24.5. The Morgan fingerprint density at radius 3 is 1.78 bits per heavy atom. The lowest BCUT2D eigenvalue weighted by Crippen LogP contribution is -2.85. The molecule has 0 aliphatic carbocycles. The van der Waals surface area contributed by atoms with E-state index in [1.165, 1.54) is 24.7 Å². The molecule has 0 aromatic heterocycles. The van der Waals surface area contributed by atoms with Crippen molar-refractivity contribution in [2.75, 3.05) is 20.6 Å². The molecular formula is C12H33N3Si3. The Morgan fingerprint density at radius 2 is 1.44 bits per heavy atom. The molecule has 0 N–H and O–H groups in total. The first kappa shape index (κ1) is 16.6. The summed E-state index contributed by atoms with van der Waals surface area (Å²) in [5.41, 5.74) is 0. The van der Waals surface area contributed by atoms with E-state index in [0.717, 1.165) is 0 Å². The Labute approximate surface area is 118 Å². The maximum atomic E-state index is 3.01. The second-order valence-electron chi connectivity index (χ2n) is 6.03. The normalized spacial score (nSPS) is 29.7. The maximum Gasteiger partial charge on any atom is 0.194 e. The predicted molar refractivity (Wildman–Crippen MR) is 89.7 cm³/mol. The molecule has 1 atom stereocenters. The molecule has 108 valence electrons. The van der Waals surface area contributed by atoms with Crippen molar-refractivity contribution in [2.24, 2.45) is 0 Å². The molecule has 0 spiro atoms. The monoisotopic (exact) mass is 303 g/mol. The zero-order valence-electron chi connectivity index (χ0n) is 13.7. The van der Waals surface area contributed by atoms with Crippen molar-refractivity contribution in [1.29, 1.82) is 0 Å². The van der Waals surface area contributed by atoms with Gasteiger partial charge in [0.05, 0.1) is 0 Å². The molecule has 0 amide bonds. The van der Waals surface area contributed by atoms with Crippen molar-refractivity contribution in [3.05, 3.63) is 0 Å². The van der Waals surface area contributed by atoms with Gasteiger partial charge in [0.25, 0.3) is 0 Å². The Kier molecular flexibility index (Phi) is 5.42. The summed E-state index contributed by atoms with van der Waals surface area (Å²) in [6.45, 7) is 16.0. The van der Waals surface area contributed by atoms with Gasteiger partial charge in [-0.2, -0.15) is 0 Å². The van der Waals surface area contributed by atoms with Gasteiger partial charge >= 0.3 is 0 Å². The minimum atomic E-state index is -1.38. The number of nitrogens with zero attached hydrogens (tertiary/aromatic N) is 3. The van der Waals surface area contributed by atoms with E-state index in [0.29, 0.717) is 0 Å². The van der Waals surface area contributed by atoms with Gasteiger partial charge in [0.1, 0.15) is 0 Å². The van der Waals surface area contributed by atoms with E-state index in [1.807, 2.05) is 0 Å². The van der Waals surface area contributed by atoms with Gasteiger partial charge in [-0.1, -0.05) is 27.7 Å². The molecular weight excluding hydrogens is 270 g/mol. The van der Waals surface area contributed by atoms with Crippen LogP contribution in [-0.2, 0) is 0 Å². The molecule has 1 heterocycles. The summed E-state index contributed by atoms with van der Waals surface area (Å²) in [6.07, 6.45) is 0. The average Bonchev–Trinajstić information content (AvgIpc) is 2.37. The molecule has 0 radical (unpaired) electrons. The third-order valence-electron chi connectivity index (χ3n) is 5.49. The van der Waals surface area contributed by atoms with Crippen LogP contribution < -0.4 is 0 Å². The van der Waals surface area contributed by atoms with Crippen LogP contribution in [-0.4, -0.2) is 59.2 Å². The second kappa shape index (κ2) is 5.89. The molecule has 1 aliphatic rings. The van der Waals surface area contributed by atoms with Gasteiger partial charge in [0.15, 0.2) is 25.9 Å². The first-order valence-corrected chi connectivity index (χ1v) is 14.6. The molecule has 1 rings (SSSR count). The van der Waals surface area contributed by atoms with E-state index < -0.39 is 25.9 Å². The zero-order valence-corrected chi connectivity index (χ0v) is 16.9. The van der Waals surface area contributed by atoms with Crippen molar-refractivity contribution < 1.29 is 0 Å². The number of rotatable bonds is 4. The minimum Gasteiger partial charge on any atom is -0.327 e. The van der Waals surface area contributed by atoms with Crippen LogP contribution in [0.4, 0.5) is 0 Å². The van der Waals surface area contributed by atoms with E-state index in [1.54, 1.807) is 0 Å². The molecule has 18 heavy (non-hydrogen) atoms. The second-order valence-corrected chi connectivity index (χ2v) is 19.7. The lowest BCUT2D eigenvalue weighted by atomic mass is 10.8. The summed E-state index contributed by atoms with van der Waals surface area (Å²) in [4.78, 5) is 0. The summed E-state index contributed by atoms with van der Waals surface area (Å²) in [7, 11) is 1.21. The first-order chi connectivity index (χ1) is 8.33. The van der Waals surface area contributed by atoms with Crippen LogP contribution in [0.25, 0.3) is 0 Å². The summed E-state index contributed by atoms with van der Waals surface area (Å²) < 4.78 is 8.74. The van der Waals surface area contributed by atoms with Gasteiger partial charge in [0.2, 0.25) is 0 Å². The van der Waals surface area contributed by atoms with Crippen LogP contribution in [0, 0.1) is 0 Å². The molecule has 1 fully saturated rings. The highest BCUT2D eigenvalue weighted by atomic mass is 28.5. The van der Waals surface area contributed by atoms with Gasteiger partial charge in [-0.15, -0.1) is 0 Å². The van der Waals surface area contributed by atoms with Crippen LogP contribution in [0.3, 0.4) is 0 Å². The minimum absolute atomic E-state index is 0.890. The fourth-order valence-corrected chi connectivity index (χ4v) is 25.7. The largest absolute Gasteiger partial charge is 0.327 e. The van der Waals surface area contributed by atoms with Gasteiger partial charge in [-0.05, 0) is 51.9 Å². The van der Waals surface area contributed by atoms with Crippen LogP contribution >= 0.6 is 0 Å². The molecule has 0 saturated carbocycles. The Hall–Kier alpha value is 0.531. The summed E-state index contributed by atoms with van der Waals surface area (Å²) in [5.74, 6) is 0. The molecule has 1 saturated heterocycles. The summed E-state index contributed by atoms with van der Waals surface area (Å²) >= 11 is 0. The van der Waals surface area contributed by atoms with Gasteiger partial charge in [-0.25, -0.2) is 0 Å². The van der Waals surface area contributed by atoms with Gasteiger partial charge in [-0.3, -0.25) is 0 Å². The van der Waals surface area contributed by atoms with E-state index in [9.17, 15) is 0 Å². The average molecular weight is 304 g/mol. The molecule has 0 bridgehead atoms. The van der Waals surface area contributed by atoms with E-state index >= 15 is 0 Å². The van der Waals surface area contributed by atoms with Gasteiger partial charge in [0, 0.05) is 0 Å². The van der Waals surface area contributed by atoms with Crippen molar-refractivity contribution in [2.45, 2.75) is 58.9 Å². The topological polar surface area (TPSA) is 9.72 Å². The highest BCUT2D eigenvalue weighted by Crippen LogP contribution is 2.36. The molecule has 3 nitrogen and oxygen atoms in total. The Balaban J connectivity index is 3.30. The fraction of sp³-hybridized carbons (Fsp3) is 1.00. The predicted octanol–water partition coefficient (Wildman–Crippen LogP) is 2.61. The molecule has 0 aromatic carbocycles. The zero-order chi connectivity index (χ0) is 14.1. The van der Waals surface area contributed by atoms with Gasteiger partial charge < -0.3 is 12.7 Å². The van der Waals surface area contributed by atoms with Crippen LogP contribution in [0.15, 0.2) is 0 Å². The van der Waals surface area contributed by atoms with E-state index in [2.05, 4.69) is 67.6 Å². The quantitative estimate of drug-likeness (QED) is 0.739. The highest BCUT2D eigenvalue weighted by molar-refractivity contribution is 6.99. The van der Waals surface area contributed by atoms with Crippen molar-refractivity contribution in [3.63, 3.8) is 0 Å². The first-order valence-electron chi connectivity index (χ1n) is 7.57.